The van der Waals surface area contributed by atoms with Crippen LogP contribution >= 0.6 is 11.6 Å². The normalized spacial score (nSPS) is 10.9. The van der Waals surface area contributed by atoms with Crippen molar-refractivity contribution in [2.75, 3.05) is 0 Å². The minimum absolute atomic E-state index is 0.131. The van der Waals surface area contributed by atoms with Gasteiger partial charge in [-0.2, -0.15) is 5.21 Å². The van der Waals surface area contributed by atoms with E-state index in [1.807, 2.05) is 6.07 Å². The molecular weight excluding hydrogens is 344 g/mol. The first-order valence-corrected chi connectivity index (χ1v) is 7.71. The number of hydrogen-bond acceptors (Lipinski definition) is 6. The van der Waals surface area contributed by atoms with Gasteiger partial charge in [-0.25, -0.2) is 4.79 Å². The molecule has 0 saturated carbocycles. The molecule has 4 aromatic rings. The number of nitrogens with zero attached hydrogens (tertiary/aromatic N) is 4. The van der Waals surface area contributed by atoms with Gasteiger partial charge in [0.05, 0.1) is 5.56 Å². The average molecular weight is 354 g/mol. The molecule has 0 saturated heterocycles. The third kappa shape index (κ3) is 3.22. The second kappa shape index (κ2) is 6.37. The van der Waals surface area contributed by atoms with E-state index < -0.39 is 5.63 Å². The number of tetrazole rings is 1. The van der Waals surface area contributed by atoms with Crippen LogP contribution in [0.15, 0.2) is 57.7 Å². The largest absolute Gasteiger partial charge is 0.488 e. The van der Waals surface area contributed by atoms with Gasteiger partial charge in [0.2, 0.25) is 0 Å². The predicted molar refractivity (Wildman–Crippen MR) is 90.4 cm³/mol. The van der Waals surface area contributed by atoms with Gasteiger partial charge in [0.25, 0.3) is 0 Å². The first-order valence-electron chi connectivity index (χ1n) is 7.33. The predicted octanol–water partition coefficient (Wildman–Crippen LogP) is 2.83. The van der Waals surface area contributed by atoms with Crippen LogP contribution in [0.2, 0.25) is 5.02 Å². The number of aromatic nitrogens is 4. The second-order valence-corrected chi connectivity index (χ2v) is 5.67. The highest BCUT2D eigenvalue weighted by Crippen LogP contribution is 2.25. The number of benzene rings is 2. The molecule has 124 valence electrons. The van der Waals surface area contributed by atoms with Crippen molar-refractivity contribution in [3.8, 4) is 16.9 Å². The van der Waals surface area contributed by atoms with Gasteiger partial charge < -0.3 is 14.3 Å². The molecule has 2 aromatic heterocycles. The summed E-state index contributed by atoms with van der Waals surface area (Å²) in [5.74, 6) is 0.902. The van der Waals surface area contributed by atoms with Crippen LogP contribution in [0.25, 0.3) is 22.1 Å². The zero-order valence-electron chi connectivity index (χ0n) is 12.7. The van der Waals surface area contributed by atoms with Crippen molar-refractivity contribution in [2.45, 2.75) is 6.61 Å². The monoisotopic (exact) mass is 353 g/mol. The van der Waals surface area contributed by atoms with Crippen LogP contribution in [-0.4, -0.2) is 15.5 Å². The molecule has 7 nitrogen and oxygen atoms in total. The molecule has 0 aliphatic rings. The summed E-state index contributed by atoms with van der Waals surface area (Å²) in [5, 5.41) is 15.5. The molecule has 25 heavy (non-hydrogen) atoms. The number of ether oxygens (including phenoxy) is 1. The number of rotatable bonds is 4. The fraction of sp³-hybridized carbons (Fsp3) is 0.0588. The minimum Gasteiger partial charge on any atom is -0.488 e. The van der Waals surface area contributed by atoms with E-state index >= 15 is 0 Å². The van der Waals surface area contributed by atoms with E-state index in [-0.39, 0.29) is 6.61 Å². The highest BCUT2D eigenvalue weighted by molar-refractivity contribution is 6.30. The maximum atomic E-state index is 12.3. The molecule has 0 fully saturated rings. The first kappa shape index (κ1) is 15.3. The quantitative estimate of drug-likeness (QED) is 0.521. The van der Waals surface area contributed by atoms with E-state index in [1.54, 1.807) is 42.5 Å². The average Bonchev–Trinajstić information content (AvgIpc) is 3.14. The Morgan fingerprint density at radius 2 is 1.96 bits per heavy atom. The summed E-state index contributed by atoms with van der Waals surface area (Å²) < 4.78 is 11.0. The summed E-state index contributed by atoms with van der Waals surface area (Å²) in [6.45, 7) is 0.131. The van der Waals surface area contributed by atoms with E-state index in [9.17, 15) is 4.79 Å². The van der Waals surface area contributed by atoms with Crippen LogP contribution in [0.5, 0.6) is 5.75 Å². The molecule has 0 atom stereocenters. The van der Waals surface area contributed by atoms with Crippen molar-refractivity contribution in [3.05, 3.63) is 69.8 Å². The highest BCUT2D eigenvalue weighted by Gasteiger charge is 2.09. The third-order valence-electron chi connectivity index (χ3n) is 3.59. The lowest BCUT2D eigenvalue weighted by molar-refractivity contribution is 0.295. The van der Waals surface area contributed by atoms with Crippen molar-refractivity contribution >= 4 is 22.6 Å². The minimum atomic E-state index is -0.431. The molecule has 0 amide bonds. The van der Waals surface area contributed by atoms with Gasteiger partial charge in [-0.15, -0.1) is 0 Å². The Morgan fingerprint density at radius 1 is 1.12 bits per heavy atom. The van der Waals surface area contributed by atoms with Gasteiger partial charge in [0.1, 0.15) is 17.9 Å². The van der Waals surface area contributed by atoms with Crippen LogP contribution in [0, 0.1) is 0 Å². The van der Waals surface area contributed by atoms with Gasteiger partial charge in [-0.3, -0.25) is 10.3 Å². The molecule has 0 spiro atoms. The maximum Gasteiger partial charge on any atom is 0.344 e. The van der Waals surface area contributed by atoms with Gasteiger partial charge in [0, 0.05) is 22.3 Å². The van der Waals surface area contributed by atoms with Gasteiger partial charge >= 0.3 is 5.63 Å². The molecule has 4 rings (SSSR count). The van der Waals surface area contributed by atoms with Crippen molar-refractivity contribution in [3.63, 3.8) is 0 Å². The summed E-state index contributed by atoms with van der Waals surface area (Å²) in [6, 6.07) is 14.0. The van der Waals surface area contributed by atoms with Gasteiger partial charge in [-0.05, 0) is 35.9 Å². The van der Waals surface area contributed by atoms with Gasteiger partial charge in [0.15, 0.2) is 0 Å². The Balaban J connectivity index is 1.66. The lowest BCUT2D eigenvalue weighted by Crippen LogP contribution is -2.03. The van der Waals surface area contributed by atoms with Crippen LogP contribution in [-0.2, 0) is 6.61 Å². The molecule has 2 heterocycles. The van der Waals surface area contributed by atoms with Crippen LogP contribution in [0.3, 0.4) is 0 Å². The van der Waals surface area contributed by atoms with Crippen molar-refractivity contribution < 1.29 is 9.15 Å². The standard InChI is InChI=1S/C17H10ClN4O3/c18-12-4-1-10(2-5-12)14-7-11-3-6-13(8-15(11)25-17(14)23)24-9-16-19-21-22-20-16/h1-8H,9H2/q-1. The molecule has 0 unspecified atom stereocenters. The summed E-state index contributed by atoms with van der Waals surface area (Å²) in [5.41, 5.74) is 1.22. The Hall–Kier alpha value is -3.19. The SMILES string of the molecule is O=c1oc2cc(OCc3nnn[n-]3)ccc2cc1-c1ccc(Cl)cc1. The molecule has 8 heteroatoms. The lowest BCUT2D eigenvalue weighted by Gasteiger charge is -2.07. The maximum absolute atomic E-state index is 12.3. The van der Waals surface area contributed by atoms with Crippen molar-refractivity contribution in [1.82, 2.24) is 20.6 Å². The fourth-order valence-electron chi connectivity index (χ4n) is 2.38. The molecule has 0 bridgehead atoms. The van der Waals surface area contributed by atoms with Crippen LogP contribution < -0.4 is 15.5 Å². The summed E-state index contributed by atoms with van der Waals surface area (Å²) in [4.78, 5) is 12.3. The smallest absolute Gasteiger partial charge is 0.344 e. The molecule has 0 aliphatic carbocycles. The molecule has 0 N–H and O–H groups in total. The van der Waals surface area contributed by atoms with Crippen molar-refractivity contribution in [2.24, 2.45) is 0 Å². The second-order valence-electron chi connectivity index (χ2n) is 5.24. The topological polar surface area (TPSA) is 92.2 Å². The van der Waals surface area contributed by atoms with Crippen molar-refractivity contribution in [1.29, 1.82) is 0 Å². The van der Waals surface area contributed by atoms with Crippen LogP contribution in [0.1, 0.15) is 5.82 Å². The Kier molecular flexibility index (Phi) is 3.91. The molecular formula is C17H10ClN4O3-. The summed E-state index contributed by atoms with van der Waals surface area (Å²) in [6.07, 6.45) is 0. The zero-order valence-corrected chi connectivity index (χ0v) is 13.5. The summed E-state index contributed by atoms with van der Waals surface area (Å²) in [7, 11) is 0. The fourth-order valence-corrected chi connectivity index (χ4v) is 2.51. The lowest BCUT2D eigenvalue weighted by atomic mass is 10.1. The Bertz CT molecular complexity index is 1080. The Labute approximate surface area is 146 Å². The number of hydrogen-bond donors (Lipinski definition) is 0. The van der Waals surface area contributed by atoms with E-state index in [4.69, 9.17) is 20.8 Å². The number of fused-ring (bicyclic) bond motifs is 1. The van der Waals surface area contributed by atoms with E-state index in [1.165, 1.54) is 0 Å². The Morgan fingerprint density at radius 3 is 2.72 bits per heavy atom. The van der Waals surface area contributed by atoms with Gasteiger partial charge in [-0.1, -0.05) is 23.7 Å². The number of halogens is 1. The molecule has 0 aliphatic heterocycles. The van der Waals surface area contributed by atoms with E-state index in [2.05, 4.69) is 20.6 Å². The van der Waals surface area contributed by atoms with Crippen LogP contribution in [0.4, 0.5) is 0 Å². The first-order chi connectivity index (χ1) is 12.2. The zero-order chi connectivity index (χ0) is 17.2. The van der Waals surface area contributed by atoms with E-state index in [0.717, 1.165) is 10.9 Å². The van der Waals surface area contributed by atoms with E-state index in [0.29, 0.717) is 27.7 Å². The summed E-state index contributed by atoms with van der Waals surface area (Å²) >= 11 is 5.89. The highest BCUT2D eigenvalue weighted by atomic mass is 35.5. The third-order valence-corrected chi connectivity index (χ3v) is 3.84. The molecule has 0 radical (unpaired) electrons. The molecule has 2 aromatic carbocycles.